The van der Waals surface area contributed by atoms with E-state index >= 15 is 0 Å². The molecule has 2 aliphatic rings. The third-order valence-corrected chi connectivity index (χ3v) is 2.21. The van der Waals surface area contributed by atoms with E-state index in [1.807, 2.05) is 0 Å². The minimum Gasteiger partial charge on any atom is -0.380 e. The molecular weight excluding hydrogens is 148 g/mol. The number of nitrogens with one attached hydrogen (secondary N) is 1. The Morgan fingerprint density at radius 3 is 3.08 bits per heavy atom. The molecule has 0 aliphatic carbocycles. The molecule has 0 unspecified atom stereocenters. The topological polar surface area (TPSA) is 15.3 Å². The highest BCUT2D eigenvalue weighted by molar-refractivity contribution is 5.40. The van der Waals surface area contributed by atoms with Gasteiger partial charge in [-0.25, -0.2) is 0 Å². The van der Waals surface area contributed by atoms with Crippen molar-refractivity contribution in [1.82, 2.24) is 10.2 Å². The molecule has 0 fully saturated rings. The van der Waals surface area contributed by atoms with Crippen LogP contribution in [0.1, 0.15) is 13.8 Å². The highest BCUT2D eigenvalue weighted by Gasteiger charge is 2.19. The normalized spacial score (nSPS) is 20.4. The molecule has 0 aromatic carbocycles. The second kappa shape index (κ2) is 2.70. The molecule has 2 heterocycles. The van der Waals surface area contributed by atoms with Crippen molar-refractivity contribution in [3.05, 3.63) is 35.8 Å². The zero-order chi connectivity index (χ0) is 8.55. The summed E-state index contributed by atoms with van der Waals surface area (Å²) in [4.78, 5) is 2.29. The van der Waals surface area contributed by atoms with Crippen LogP contribution in [0.15, 0.2) is 35.8 Å². The third-order valence-electron chi connectivity index (χ3n) is 2.21. The SMILES string of the molecule is CC(C)N1C=CC=C2NCC=C21. The first-order valence-corrected chi connectivity index (χ1v) is 4.40. The average Bonchev–Trinajstić information content (AvgIpc) is 2.49. The first-order valence-electron chi connectivity index (χ1n) is 4.40. The van der Waals surface area contributed by atoms with E-state index in [4.69, 9.17) is 0 Å². The monoisotopic (exact) mass is 162 g/mol. The third kappa shape index (κ3) is 1.04. The average molecular weight is 162 g/mol. The van der Waals surface area contributed by atoms with Crippen LogP contribution in [-0.2, 0) is 0 Å². The molecular formula is C10H14N2. The van der Waals surface area contributed by atoms with Crippen LogP contribution in [0.25, 0.3) is 0 Å². The Balaban J connectivity index is 2.29. The van der Waals surface area contributed by atoms with Crippen LogP contribution in [0.2, 0.25) is 0 Å². The Labute approximate surface area is 73.3 Å². The quantitative estimate of drug-likeness (QED) is 0.630. The summed E-state index contributed by atoms with van der Waals surface area (Å²) in [6.07, 6.45) is 8.57. The van der Waals surface area contributed by atoms with Crippen molar-refractivity contribution in [3.8, 4) is 0 Å². The maximum atomic E-state index is 3.32. The summed E-state index contributed by atoms with van der Waals surface area (Å²) in [5.41, 5.74) is 2.58. The predicted octanol–water partition coefficient (Wildman–Crippen LogP) is 1.60. The lowest BCUT2D eigenvalue weighted by atomic mass is 10.2. The largest absolute Gasteiger partial charge is 0.380 e. The standard InChI is InChI=1S/C10H14N2/c1-8(2)12-7-3-4-9-10(12)5-6-11-9/h3-5,7-8,11H,6H2,1-2H3. The molecule has 0 amide bonds. The smallest absolute Gasteiger partial charge is 0.0621 e. The van der Waals surface area contributed by atoms with Gasteiger partial charge in [-0.2, -0.15) is 0 Å². The number of rotatable bonds is 1. The lowest BCUT2D eigenvalue weighted by molar-refractivity contribution is 0.387. The van der Waals surface area contributed by atoms with E-state index in [2.05, 4.69) is 48.5 Å². The molecule has 1 N–H and O–H groups in total. The van der Waals surface area contributed by atoms with Gasteiger partial charge in [-0.05, 0) is 32.1 Å². The van der Waals surface area contributed by atoms with Gasteiger partial charge in [0.05, 0.1) is 11.4 Å². The molecule has 0 saturated heterocycles. The van der Waals surface area contributed by atoms with Crippen molar-refractivity contribution >= 4 is 0 Å². The van der Waals surface area contributed by atoms with E-state index in [0.29, 0.717) is 6.04 Å². The van der Waals surface area contributed by atoms with Gasteiger partial charge in [0, 0.05) is 18.8 Å². The van der Waals surface area contributed by atoms with Crippen molar-refractivity contribution in [1.29, 1.82) is 0 Å². The van der Waals surface area contributed by atoms with Crippen LogP contribution in [0, 0.1) is 0 Å². The summed E-state index contributed by atoms with van der Waals surface area (Å²) >= 11 is 0. The molecule has 2 nitrogen and oxygen atoms in total. The van der Waals surface area contributed by atoms with Crippen LogP contribution < -0.4 is 5.32 Å². The lowest BCUT2D eigenvalue weighted by Crippen LogP contribution is -2.27. The van der Waals surface area contributed by atoms with Gasteiger partial charge >= 0.3 is 0 Å². The van der Waals surface area contributed by atoms with Gasteiger partial charge in [0.2, 0.25) is 0 Å². The summed E-state index contributed by atoms with van der Waals surface area (Å²) in [7, 11) is 0. The minimum absolute atomic E-state index is 0.538. The molecule has 64 valence electrons. The fraction of sp³-hybridized carbons (Fsp3) is 0.400. The van der Waals surface area contributed by atoms with Crippen molar-refractivity contribution in [3.63, 3.8) is 0 Å². The van der Waals surface area contributed by atoms with Crippen LogP contribution in [0.3, 0.4) is 0 Å². The van der Waals surface area contributed by atoms with E-state index < -0.39 is 0 Å². The van der Waals surface area contributed by atoms with Crippen molar-refractivity contribution in [2.75, 3.05) is 6.54 Å². The Bertz CT molecular complexity index is 272. The highest BCUT2D eigenvalue weighted by Crippen LogP contribution is 2.23. The molecule has 0 saturated carbocycles. The molecule has 2 heteroatoms. The molecule has 0 bridgehead atoms. The summed E-state index contributed by atoms with van der Waals surface area (Å²) in [6.45, 7) is 5.37. The van der Waals surface area contributed by atoms with Gasteiger partial charge < -0.3 is 10.2 Å². The van der Waals surface area contributed by atoms with Gasteiger partial charge in [0.15, 0.2) is 0 Å². The van der Waals surface area contributed by atoms with Gasteiger partial charge in [-0.15, -0.1) is 0 Å². The van der Waals surface area contributed by atoms with Crippen molar-refractivity contribution in [2.45, 2.75) is 19.9 Å². The highest BCUT2D eigenvalue weighted by atomic mass is 15.2. The Hall–Kier alpha value is -1.18. The van der Waals surface area contributed by atoms with Gasteiger partial charge in [-0.1, -0.05) is 0 Å². The maximum absolute atomic E-state index is 3.32. The Morgan fingerprint density at radius 1 is 1.50 bits per heavy atom. The molecule has 12 heavy (non-hydrogen) atoms. The summed E-state index contributed by atoms with van der Waals surface area (Å²) < 4.78 is 0. The Morgan fingerprint density at radius 2 is 2.33 bits per heavy atom. The summed E-state index contributed by atoms with van der Waals surface area (Å²) in [5.74, 6) is 0. The van der Waals surface area contributed by atoms with Crippen LogP contribution >= 0.6 is 0 Å². The van der Waals surface area contributed by atoms with Crippen LogP contribution in [-0.4, -0.2) is 17.5 Å². The zero-order valence-corrected chi connectivity index (χ0v) is 7.54. The Kier molecular flexibility index (Phi) is 1.68. The van der Waals surface area contributed by atoms with Gasteiger partial charge in [-0.3, -0.25) is 0 Å². The molecule has 0 aromatic heterocycles. The minimum atomic E-state index is 0.538. The van der Waals surface area contributed by atoms with Gasteiger partial charge in [0.25, 0.3) is 0 Å². The van der Waals surface area contributed by atoms with Crippen molar-refractivity contribution in [2.24, 2.45) is 0 Å². The first kappa shape index (κ1) is 7.47. The number of allylic oxidation sites excluding steroid dienone is 2. The number of fused-ring (bicyclic) bond motifs is 1. The van der Waals surface area contributed by atoms with E-state index in [1.54, 1.807) is 0 Å². The zero-order valence-electron chi connectivity index (χ0n) is 7.54. The molecule has 0 aromatic rings. The van der Waals surface area contributed by atoms with E-state index in [-0.39, 0.29) is 0 Å². The number of nitrogens with zero attached hydrogens (tertiary/aromatic N) is 1. The van der Waals surface area contributed by atoms with E-state index in [1.165, 1.54) is 11.4 Å². The van der Waals surface area contributed by atoms with Gasteiger partial charge in [0.1, 0.15) is 0 Å². The molecule has 0 atom stereocenters. The first-order chi connectivity index (χ1) is 5.79. The number of hydrogen-bond acceptors (Lipinski definition) is 2. The fourth-order valence-electron chi connectivity index (χ4n) is 1.61. The lowest BCUT2D eigenvalue weighted by Gasteiger charge is -2.28. The second-order valence-electron chi connectivity index (χ2n) is 3.39. The number of hydrogen-bond donors (Lipinski definition) is 1. The van der Waals surface area contributed by atoms with Crippen LogP contribution in [0.4, 0.5) is 0 Å². The molecule has 0 spiro atoms. The van der Waals surface area contributed by atoms with Crippen LogP contribution in [0.5, 0.6) is 0 Å². The van der Waals surface area contributed by atoms with Crippen molar-refractivity contribution < 1.29 is 0 Å². The van der Waals surface area contributed by atoms with E-state index in [9.17, 15) is 0 Å². The summed E-state index contributed by atoms with van der Waals surface area (Å²) in [5, 5.41) is 3.32. The molecule has 2 rings (SSSR count). The van der Waals surface area contributed by atoms with E-state index in [0.717, 1.165) is 6.54 Å². The second-order valence-corrected chi connectivity index (χ2v) is 3.39. The summed E-state index contributed by atoms with van der Waals surface area (Å²) in [6, 6.07) is 0.538. The molecule has 0 radical (unpaired) electrons. The predicted molar refractivity (Wildman–Crippen MR) is 50.3 cm³/mol. The maximum Gasteiger partial charge on any atom is 0.0621 e. The molecule has 2 aliphatic heterocycles. The fourth-order valence-corrected chi connectivity index (χ4v) is 1.61.